The summed E-state index contributed by atoms with van der Waals surface area (Å²) < 4.78 is 5.48. The van der Waals surface area contributed by atoms with Gasteiger partial charge in [-0.3, -0.25) is 0 Å². The summed E-state index contributed by atoms with van der Waals surface area (Å²) in [7, 11) is 1.77. The van der Waals surface area contributed by atoms with Gasteiger partial charge in [-0.25, -0.2) is 0 Å². The molecular formula is C14H23NO. The molecule has 0 aliphatic carbocycles. The molecule has 0 aromatic heterocycles. The molecule has 0 radical (unpaired) electrons. The van der Waals surface area contributed by atoms with Gasteiger partial charge in [0.25, 0.3) is 0 Å². The lowest BCUT2D eigenvalue weighted by Gasteiger charge is -2.24. The lowest BCUT2D eigenvalue weighted by atomic mass is 9.93. The quantitative estimate of drug-likeness (QED) is 0.801. The Bertz CT molecular complexity index is 320. The highest BCUT2D eigenvalue weighted by molar-refractivity contribution is 5.28. The summed E-state index contributed by atoms with van der Waals surface area (Å²) in [4.78, 5) is 0. The van der Waals surface area contributed by atoms with E-state index in [1.807, 2.05) is 0 Å². The minimum atomic E-state index is -0.0984. The second kappa shape index (κ2) is 6.02. The van der Waals surface area contributed by atoms with Crippen LogP contribution in [0.1, 0.15) is 31.4 Å². The van der Waals surface area contributed by atoms with Crippen LogP contribution in [0.5, 0.6) is 0 Å². The Morgan fingerprint density at radius 3 is 2.38 bits per heavy atom. The van der Waals surface area contributed by atoms with E-state index in [0.29, 0.717) is 0 Å². The van der Waals surface area contributed by atoms with Crippen molar-refractivity contribution < 1.29 is 4.74 Å². The van der Waals surface area contributed by atoms with Crippen LogP contribution in [-0.4, -0.2) is 19.3 Å². The first-order valence-corrected chi connectivity index (χ1v) is 5.91. The summed E-state index contributed by atoms with van der Waals surface area (Å²) >= 11 is 0. The van der Waals surface area contributed by atoms with Gasteiger partial charge in [0.15, 0.2) is 0 Å². The van der Waals surface area contributed by atoms with Gasteiger partial charge in [0.2, 0.25) is 0 Å². The maximum Gasteiger partial charge on any atom is 0.0663 e. The van der Waals surface area contributed by atoms with Crippen LogP contribution < -0.4 is 5.73 Å². The lowest BCUT2D eigenvalue weighted by molar-refractivity contribution is 0.0230. The van der Waals surface area contributed by atoms with Crippen LogP contribution in [0.3, 0.4) is 0 Å². The highest BCUT2D eigenvalue weighted by atomic mass is 16.5. The standard InChI is InChI=1S/C14H23NO/c1-14(2,16-3)11-13-8-5-4-7-12(13)9-6-10-15/h4-5,7-8H,6,9-11,15H2,1-3H3. The minimum Gasteiger partial charge on any atom is -0.378 e. The fourth-order valence-corrected chi connectivity index (χ4v) is 1.80. The van der Waals surface area contributed by atoms with E-state index < -0.39 is 0 Å². The largest absolute Gasteiger partial charge is 0.378 e. The monoisotopic (exact) mass is 221 g/mol. The van der Waals surface area contributed by atoms with E-state index in [1.165, 1.54) is 11.1 Å². The summed E-state index contributed by atoms with van der Waals surface area (Å²) in [5.41, 5.74) is 8.24. The van der Waals surface area contributed by atoms with Gasteiger partial charge >= 0.3 is 0 Å². The van der Waals surface area contributed by atoms with Gasteiger partial charge in [-0.1, -0.05) is 24.3 Å². The Hall–Kier alpha value is -0.860. The Morgan fingerprint density at radius 2 is 1.81 bits per heavy atom. The van der Waals surface area contributed by atoms with Crippen molar-refractivity contribution in [2.24, 2.45) is 5.73 Å². The Kier molecular flexibility index (Phi) is 4.97. The van der Waals surface area contributed by atoms with E-state index in [4.69, 9.17) is 10.5 Å². The van der Waals surface area contributed by atoms with Crippen molar-refractivity contribution >= 4 is 0 Å². The Morgan fingerprint density at radius 1 is 1.19 bits per heavy atom. The average molecular weight is 221 g/mol. The molecule has 0 saturated carbocycles. The van der Waals surface area contributed by atoms with Crippen LogP contribution in [-0.2, 0) is 17.6 Å². The smallest absolute Gasteiger partial charge is 0.0663 e. The normalized spacial score (nSPS) is 11.8. The molecule has 0 spiro atoms. The molecular weight excluding hydrogens is 198 g/mol. The summed E-state index contributed by atoms with van der Waals surface area (Å²) in [5.74, 6) is 0. The molecule has 90 valence electrons. The number of methoxy groups -OCH3 is 1. The fourth-order valence-electron chi connectivity index (χ4n) is 1.80. The molecule has 0 bridgehead atoms. The molecule has 2 nitrogen and oxygen atoms in total. The molecule has 0 heterocycles. The minimum absolute atomic E-state index is 0.0984. The van der Waals surface area contributed by atoms with Crippen molar-refractivity contribution in [3.05, 3.63) is 35.4 Å². The molecule has 0 saturated heterocycles. The SMILES string of the molecule is COC(C)(C)Cc1ccccc1CCCN. The van der Waals surface area contributed by atoms with Gasteiger partial charge in [0.05, 0.1) is 5.60 Å². The molecule has 2 heteroatoms. The second-order valence-corrected chi connectivity index (χ2v) is 4.80. The van der Waals surface area contributed by atoms with E-state index in [2.05, 4.69) is 38.1 Å². The fraction of sp³-hybridized carbons (Fsp3) is 0.571. The first-order chi connectivity index (χ1) is 7.59. The van der Waals surface area contributed by atoms with Crippen molar-refractivity contribution in [3.8, 4) is 0 Å². The summed E-state index contributed by atoms with van der Waals surface area (Å²) in [6, 6.07) is 8.56. The number of rotatable bonds is 6. The van der Waals surface area contributed by atoms with E-state index >= 15 is 0 Å². The van der Waals surface area contributed by atoms with Crippen molar-refractivity contribution in [1.29, 1.82) is 0 Å². The van der Waals surface area contributed by atoms with Gasteiger partial charge < -0.3 is 10.5 Å². The third-order valence-corrected chi connectivity index (χ3v) is 2.94. The van der Waals surface area contributed by atoms with Crippen LogP contribution in [0.15, 0.2) is 24.3 Å². The zero-order valence-electron chi connectivity index (χ0n) is 10.6. The highest BCUT2D eigenvalue weighted by Gasteiger charge is 2.18. The summed E-state index contributed by atoms with van der Waals surface area (Å²) in [5, 5.41) is 0. The van der Waals surface area contributed by atoms with Crippen LogP contribution in [0.4, 0.5) is 0 Å². The maximum absolute atomic E-state index is 5.56. The summed E-state index contributed by atoms with van der Waals surface area (Å²) in [6.45, 7) is 4.99. The number of hydrogen-bond acceptors (Lipinski definition) is 2. The average Bonchev–Trinajstić information content (AvgIpc) is 2.27. The summed E-state index contributed by atoms with van der Waals surface area (Å²) in [6.07, 6.45) is 3.06. The number of hydrogen-bond donors (Lipinski definition) is 1. The third-order valence-electron chi connectivity index (χ3n) is 2.94. The number of ether oxygens (including phenoxy) is 1. The predicted octanol–water partition coefficient (Wildman–Crippen LogP) is 2.55. The third kappa shape index (κ3) is 3.95. The Labute approximate surface area is 98.8 Å². The lowest BCUT2D eigenvalue weighted by Crippen LogP contribution is -2.26. The maximum atomic E-state index is 5.56. The van der Waals surface area contributed by atoms with Crippen molar-refractivity contribution in [2.45, 2.75) is 38.7 Å². The van der Waals surface area contributed by atoms with Gasteiger partial charge in [0.1, 0.15) is 0 Å². The highest BCUT2D eigenvalue weighted by Crippen LogP contribution is 2.20. The Balaban J connectivity index is 2.78. The molecule has 0 aliphatic rings. The van der Waals surface area contributed by atoms with Gasteiger partial charge in [-0.05, 0) is 44.4 Å². The number of nitrogens with two attached hydrogens (primary N) is 1. The first-order valence-electron chi connectivity index (χ1n) is 5.91. The van der Waals surface area contributed by atoms with Crippen LogP contribution in [0.2, 0.25) is 0 Å². The van der Waals surface area contributed by atoms with Crippen LogP contribution in [0.25, 0.3) is 0 Å². The predicted molar refractivity (Wildman–Crippen MR) is 68.6 cm³/mol. The molecule has 1 aromatic rings. The van der Waals surface area contributed by atoms with Crippen molar-refractivity contribution in [2.75, 3.05) is 13.7 Å². The van der Waals surface area contributed by atoms with E-state index in [1.54, 1.807) is 7.11 Å². The number of aryl methyl sites for hydroxylation is 1. The molecule has 0 atom stereocenters. The zero-order chi connectivity index (χ0) is 12.0. The molecule has 0 unspecified atom stereocenters. The van der Waals surface area contributed by atoms with Gasteiger partial charge in [0, 0.05) is 13.5 Å². The number of benzene rings is 1. The molecule has 1 rings (SSSR count). The van der Waals surface area contributed by atoms with Crippen LogP contribution >= 0.6 is 0 Å². The molecule has 1 aromatic carbocycles. The molecule has 2 N–H and O–H groups in total. The molecule has 16 heavy (non-hydrogen) atoms. The van der Waals surface area contributed by atoms with Gasteiger partial charge in [-0.2, -0.15) is 0 Å². The first kappa shape index (κ1) is 13.2. The van der Waals surface area contributed by atoms with Crippen LogP contribution in [0, 0.1) is 0 Å². The topological polar surface area (TPSA) is 35.2 Å². The van der Waals surface area contributed by atoms with Crippen molar-refractivity contribution in [1.82, 2.24) is 0 Å². The van der Waals surface area contributed by atoms with E-state index in [-0.39, 0.29) is 5.60 Å². The van der Waals surface area contributed by atoms with E-state index in [0.717, 1.165) is 25.8 Å². The molecule has 0 aliphatic heterocycles. The van der Waals surface area contributed by atoms with Crippen molar-refractivity contribution in [3.63, 3.8) is 0 Å². The molecule has 0 fully saturated rings. The second-order valence-electron chi connectivity index (χ2n) is 4.80. The zero-order valence-corrected chi connectivity index (χ0v) is 10.6. The van der Waals surface area contributed by atoms with E-state index in [9.17, 15) is 0 Å². The van der Waals surface area contributed by atoms with Gasteiger partial charge in [-0.15, -0.1) is 0 Å². The molecule has 0 amide bonds.